The average Bonchev–Trinajstić information content (AvgIpc) is 3.67. The molecule has 3 aromatic carbocycles. The molecular formula is C32H33N3O6S. The summed E-state index contributed by atoms with van der Waals surface area (Å²) in [5.74, 6) is -0.449. The number of amides is 1. The van der Waals surface area contributed by atoms with Gasteiger partial charge in [-0.15, -0.1) is 0 Å². The predicted molar refractivity (Wildman–Crippen MR) is 157 cm³/mol. The van der Waals surface area contributed by atoms with Crippen molar-refractivity contribution in [1.29, 1.82) is 0 Å². The van der Waals surface area contributed by atoms with Gasteiger partial charge in [0.25, 0.3) is 0 Å². The SMILES string of the molecule is O=C(O)C(Cn1ccc(C2CCCN2C(=O)Cc2ccc(COc3ccccc3)cc2)c1)NS(=O)(=O)c1ccccc1. The van der Waals surface area contributed by atoms with Crippen LogP contribution in [0.1, 0.15) is 35.6 Å². The highest BCUT2D eigenvalue weighted by atomic mass is 32.2. The summed E-state index contributed by atoms with van der Waals surface area (Å²) in [5.41, 5.74) is 2.83. The van der Waals surface area contributed by atoms with Crippen molar-refractivity contribution in [2.75, 3.05) is 6.54 Å². The molecule has 0 spiro atoms. The molecule has 1 fully saturated rings. The normalized spacial score (nSPS) is 15.8. The molecule has 0 bridgehead atoms. The Morgan fingerprint density at radius 3 is 2.29 bits per heavy atom. The van der Waals surface area contributed by atoms with Crippen LogP contribution < -0.4 is 9.46 Å². The maximum atomic E-state index is 13.3. The van der Waals surface area contributed by atoms with Crippen molar-refractivity contribution in [3.05, 3.63) is 120 Å². The van der Waals surface area contributed by atoms with Gasteiger partial charge < -0.3 is 19.3 Å². The lowest BCUT2D eigenvalue weighted by molar-refractivity contribution is -0.139. The maximum absolute atomic E-state index is 13.3. The van der Waals surface area contributed by atoms with Crippen LogP contribution in [0.5, 0.6) is 5.75 Å². The van der Waals surface area contributed by atoms with Crippen molar-refractivity contribution in [2.24, 2.45) is 0 Å². The minimum Gasteiger partial charge on any atom is -0.489 e. The molecule has 0 aliphatic carbocycles. The van der Waals surface area contributed by atoms with Crippen LogP contribution in [0, 0.1) is 0 Å². The number of ether oxygens (including phenoxy) is 1. The van der Waals surface area contributed by atoms with E-state index in [0.717, 1.165) is 35.3 Å². The van der Waals surface area contributed by atoms with Crippen LogP contribution in [0.25, 0.3) is 0 Å². The van der Waals surface area contributed by atoms with Crippen LogP contribution >= 0.6 is 0 Å². The van der Waals surface area contributed by atoms with Crippen molar-refractivity contribution in [2.45, 2.75) is 49.4 Å². The molecule has 10 heteroatoms. The smallest absolute Gasteiger partial charge is 0.323 e. The summed E-state index contributed by atoms with van der Waals surface area (Å²) in [6, 6.07) is 25.5. The molecule has 1 aromatic heterocycles. The second-order valence-corrected chi connectivity index (χ2v) is 12.0. The Balaban J connectivity index is 1.19. The summed E-state index contributed by atoms with van der Waals surface area (Å²) in [5, 5.41) is 9.72. The fraction of sp³-hybridized carbons (Fsp3) is 0.250. The van der Waals surface area contributed by atoms with Crippen molar-refractivity contribution < 1.29 is 27.9 Å². The Bertz CT molecular complexity index is 1600. The molecule has 2 atom stereocenters. The number of para-hydroxylation sites is 1. The van der Waals surface area contributed by atoms with Gasteiger partial charge in [-0.1, -0.05) is 60.7 Å². The van der Waals surface area contributed by atoms with Crippen LogP contribution in [0.2, 0.25) is 0 Å². The fourth-order valence-corrected chi connectivity index (χ4v) is 6.33. The number of hydrogen-bond donors (Lipinski definition) is 2. The van der Waals surface area contributed by atoms with Crippen LogP contribution in [-0.4, -0.2) is 47.5 Å². The third kappa shape index (κ3) is 7.26. The molecule has 4 aromatic rings. The molecule has 2 unspecified atom stereocenters. The molecule has 0 saturated carbocycles. The number of carboxylic acids is 1. The number of aromatic nitrogens is 1. The summed E-state index contributed by atoms with van der Waals surface area (Å²) in [6.07, 6.45) is 5.46. The molecule has 1 amide bonds. The minimum atomic E-state index is -4.01. The largest absolute Gasteiger partial charge is 0.489 e. The van der Waals surface area contributed by atoms with E-state index in [-0.39, 0.29) is 29.8 Å². The van der Waals surface area contributed by atoms with Crippen molar-refractivity contribution in [3.63, 3.8) is 0 Å². The first-order valence-electron chi connectivity index (χ1n) is 13.8. The highest BCUT2D eigenvalue weighted by Crippen LogP contribution is 2.33. The molecular weight excluding hydrogens is 554 g/mol. The van der Waals surface area contributed by atoms with Crippen LogP contribution in [0.4, 0.5) is 0 Å². The van der Waals surface area contributed by atoms with E-state index in [1.807, 2.05) is 65.6 Å². The third-order valence-electron chi connectivity index (χ3n) is 7.30. The number of carboxylic acid groups (broad SMARTS) is 1. The van der Waals surface area contributed by atoms with Gasteiger partial charge in [-0.05, 0) is 59.9 Å². The zero-order valence-corrected chi connectivity index (χ0v) is 23.8. The standard InChI is InChI=1S/C32H33N3O6S/c36-31(20-24-13-15-25(16-14-24)23-41-27-8-3-1-4-9-27)35-18-7-12-30(35)26-17-19-34(21-26)22-29(32(37)38)33-42(39,40)28-10-5-2-6-11-28/h1-6,8-11,13-17,19,21,29-30,33H,7,12,18,20,22-23H2,(H,37,38). The summed E-state index contributed by atoms with van der Waals surface area (Å²) < 4.78 is 35.1. The van der Waals surface area contributed by atoms with E-state index in [9.17, 15) is 23.1 Å². The monoisotopic (exact) mass is 587 g/mol. The van der Waals surface area contributed by atoms with Gasteiger partial charge in [-0.2, -0.15) is 4.72 Å². The molecule has 5 rings (SSSR count). The number of carbonyl (C=O) groups is 2. The van der Waals surface area contributed by atoms with E-state index in [1.54, 1.807) is 35.2 Å². The number of rotatable bonds is 12. The van der Waals surface area contributed by atoms with Gasteiger partial charge >= 0.3 is 5.97 Å². The lowest BCUT2D eigenvalue weighted by Gasteiger charge is -2.24. The summed E-state index contributed by atoms with van der Waals surface area (Å²) in [4.78, 5) is 27.1. The van der Waals surface area contributed by atoms with E-state index >= 15 is 0 Å². The number of likely N-dealkylation sites (tertiary alicyclic amines) is 1. The van der Waals surface area contributed by atoms with E-state index in [4.69, 9.17) is 4.74 Å². The van der Waals surface area contributed by atoms with Gasteiger partial charge in [0.2, 0.25) is 15.9 Å². The molecule has 1 saturated heterocycles. The Kier molecular flexibility index (Phi) is 9.04. The fourth-order valence-electron chi connectivity index (χ4n) is 5.13. The van der Waals surface area contributed by atoms with Gasteiger partial charge in [0.05, 0.1) is 17.4 Å². The molecule has 2 N–H and O–H groups in total. The number of nitrogens with zero attached hydrogens (tertiary/aromatic N) is 2. The van der Waals surface area contributed by atoms with Crippen molar-refractivity contribution in [1.82, 2.24) is 14.2 Å². The second-order valence-electron chi connectivity index (χ2n) is 10.3. The summed E-state index contributed by atoms with van der Waals surface area (Å²) >= 11 is 0. The molecule has 2 heterocycles. The zero-order valence-electron chi connectivity index (χ0n) is 23.0. The Hall–Kier alpha value is -4.41. The van der Waals surface area contributed by atoms with E-state index < -0.39 is 22.0 Å². The Labute approximate surface area is 245 Å². The molecule has 0 radical (unpaired) electrons. The number of benzene rings is 3. The lowest BCUT2D eigenvalue weighted by Crippen LogP contribution is -2.43. The summed E-state index contributed by atoms with van der Waals surface area (Å²) in [7, 11) is -4.01. The highest BCUT2D eigenvalue weighted by Gasteiger charge is 2.31. The number of carbonyl (C=O) groups excluding carboxylic acids is 1. The van der Waals surface area contributed by atoms with Crippen molar-refractivity contribution in [3.8, 4) is 5.75 Å². The average molecular weight is 588 g/mol. The molecule has 1 aliphatic heterocycles. The molecule has 1 aliphatic rings. The number of nitrogens with one attached hydrogen (secondary N) is 1. The van der Waals surface area contributed by atoms with E-state index in [1.165, 1.54) is 12.1 Å². The number of aliphatic carboxylic acids is 1. The number of hydrogen-bond acceptors (Lipinski definition) is 5. The first-order chi connectivity index (χ1) is 20.3. The van der Waals surface area contributed by atoms with Crippen LogP contribution in [-0.2, 0) is 39.2 Å². The lowest BCUT2D eigenvalue weighted by atomic mass is 10.1. The quantitative estimate of drug-likeness (QED) is 0.254. The Morgan fingerprint density at radius 1 is 0.929 bits per heavy atom. The third-order valence-corrected chi connectivity index (χ3v) is 8.79. The highest BCUT2D eigenvalue weighted by molar-refractivity contribution is 7.89. The Morgan fingerprint density at radius 2 is 1.60 bits per heavy atom. The van der Waals surface area contributed by atoms with E-state index in [2.05, 4.69) is 4.72 Å². The summed E-state index contributed by atoms with van der Waals surface area (Å²) in [6.45, 7) is 0.995. The van der Waals surface area contributed by atoms with Crippen LogP contribution in [0.15, 0.2) is 108 Å². The van der Waals surface area contributed by atoms with Gasteiger partial charge in [0, 0.05) is 25.5 Å². The van der Waals surface area contributed by atoms with Gasteiger partial charge in [0.1, 0.15) is 18.4 Å². The predicted octanol–water partition coefficient (Wildman–Crippen LogP) is 4.41. The first kappa shape index (κ1) is 29.1. The molecule has 9 nitrogen and oxygen atoms in total. The van der Waals surface area contributed by atoms with E-state index in [0.29, 0.717) is 13.2 Å². The van der Waals surface area contributed by atoms with Crippen molar-refractivity contribution >= 4 is 21.9 Å². The zero-order chi connectivity index (χ0) is 29.5. The molecule has 218 valence electrons. The topological polar surface area (TPSA) is 118 Å². The minimum absolute atomic E-state index is 0.000266. The second kappa shape index (κ2) is 13.1. The number of sulfonamides is 1. The maximum Gasteiger partial charge on any atom is 0.323 e. The first-order valence-corrected chi connectivity index (χ1v) is 15.3. The molecule has 42 heavy (non-hydrogen) atoms. The van der Waals surface area contributed by atoms with Crippen LogP contribution in [0.3, 0.4) is 0 Å². The van der Waals surface area contributed by atoms with Gasteiger partial charge in [-0.25, -0.2) is 8.42 Å². The van der Waals surface area contributed by atoms with Gasteiger partial charge in [-0.3, -0.25) is 9.59 Å². The van der Waals surface area contributed by atoms with Gasteiger partial charge in [0.15, 0.2) is 0 Å².